The number of rotatable bonds is 17. The van der Waals surface area contributed by atoms with Gasteiger partial charge in [-0.25, -0.2) is 4.58 Å². The normalized spacial score (nSPS) is 20.5. The number of aryl methyl sites for hydroxylation is 2. The van der Waals surface area contributed by atoms with Crippen LogP contribution >= 0.6 is 0 Å². The Morgan fingerprint density at radius 2 is 1.07 bits per heavy atom. The highest BCUT2D eigenvalue weighted by Crippen LogP contribution is 2.48. The van der Waals surface area contributed by atoms with Crippen molar-refractivity contribution in [2.45, 2.75) is 214 Å². The first-order valence-electron chi connectivity index (χ1n) is 28.9. The van der Waals surface area contributed by atoms with E-state index in [0.717, 1.165) is 140 Å². The molecule has 0 saturated carbocycles. The highest BCUT2D eigenvalue weighted by molar-refractivity contribution is 6.52. The zero-order valence-corrected chi connectivity index (χ0v) is 48.3. The van der Waals surface area contributed by atoms with Crippen LogP contribution in [-0.4, -0.2) is 48.9 Å². The van der Waals surface area contributed by atoms with Gasteiger partial charge < -0.3 is 20.6 Å². The van der Waals surface area contributed by atoms with Gasteiger partial charge >= 0.3 is 0 Å². The molecule has 0 saturated heterocycles. The van der Waals surface area contributed by atoms with Gasteiger partial charge in [-0.3, -0.25) is 14.4 Å². The summed E-state index contributed by atoms with van der Waals surface area (Å²) in [6, 6.07) is 4.26. The van der Waals surface area contributed by atoms with E-state index in [1.807, 2.05) is 0 Å². The smallest absolute Gasteiger partial charge is 0.227 e. The van der Waals surface area contributed by atoms with E-state index in [1.54, 1.807) is 0 Å². The Hall–Kier alpha value is -3.94. The van der Waals surface area contributed by atoms with Gasteiger partial charge in [0.15, 0.2) is 0 Å². The number of aliphatic hydroxyl groups is 1. The van der Waals surface area contributed by atoms with Crippen molar-refractivity contribution in [3.05, 3.63) is 56.3 Å². The molecule has 6 atom stereocenters. The lowest BCUT2D eigenvalue weighted by Crippen LogP contribution is -2.46. The first-order chi connectivity index (χ1) is 33.5. The molecule has 8 nitrogen and oxygen atoms in total. The number of amides is 2. The van der Waals surface area contributed by atoms with Crippen LogP contribution in [-0.2, 0) is 40.1 Å². The number of allylic oxidation sites excluding steroid dienone is 2. The van der Waals surface area contributed by atoms with Gasteiger partial charge in [0.05, 0.1) is 22.5 Å². The Morgan fingerprint density at radius 3 is 1.58 bits per heavy atom. The molecule has 7 rings (SSSR count). The fraction of sp³-hybridized carbons (Fsp3) is 0.719. The molecule has 4 aliphatic heterocycles. The van der Waals surface area contributed by atoms with E-state index in [0.29, 0.717) is 34.0 Å². The van der Waals surface area contributed by atoms with Gasteiger partial charge in [0.2, 0.25) is 23.0 Å². The minimum absolute atomic E-state index is 0.0162. The minimum atomic E-state index is -0.216. The molecule has 2 aromatic rings. The molecule has 8 heteroatoms. The second-order valence-corrected chi connectivity index (χ2v) is 29.0. The van der Waals surface area contributed by atoms with Crippen LogP contribution in [0.2, 0.25) is 0 Å². The minimum Gasteiger partial charge on any atom is -0.506 e. The van der Waals surface area contributed by atoms with Crippen molar-refractivity contribution < 1.29 is 19.5 Å². The Bertz CT molecular complexity index is 2530. The molecule has 6 unspecified atom stereocenters. The molecule has 2 aromatic carbocycles. The first-order valence-corrected chi connectivity index (χ1v) is 28.9. The summed E-state index contributed by atoms with van der Waals surface area (Å²) in [6.07, 6.45) is 14.9. The lowest BCUT2D eigenvalue weighted by molar-refractivity contribution is -0.122. The second-order valence-electron chi connectivity index (χ2n) is 29.0. The van der Waals surface area contributed by atoms with Crippen molar-refractivity contribution in [3.63, 3.8) is 0 Å². The average Bonchev–Trinajstić information content (AvgIpc) is 3.24. The molecule has 4 heterocycles. The van der Waals surface area contributed by atoms with E-state index in [1.165, 1.54) is 22.2 Å². The number of hydrogen-bond donors (Lipinski definition) is 3. The first kappa shape index (κ1) is 55.8. The van der Waals surface area contributed by atoms with E-state index in [9.17, 15) is 5.11 Å². The maximum Gasteiger partial charge on any atom is 0.227 e. The predicted octanol–water partition coefficient (Wildman–Crippen LogP) is 13.4. The maximum absolute atomic E-state index is 15.4. The number of ketones is 1. The lowest BCUT2D eigenvalue weighted by Gasteiger charge is -2.39. The number of anilines is 3. The van der Waals surface area contributed by atoms with Crippen molar-refractivity contribution in [2.24, 2.45) is 57.2 Å². The third-order valence-corrected chi connectivity index (χ3v) is 16.8. The van der Waals surface area contributed by atoms with Crippen molar-refractivity contribution in [1.29, 1.82) is 0 Å². The zero-order valence-electron chi connectivity index (χ0n) is 48.3. The summed E-state index contributed by atoms with van der Waals surface area (Å²) in [4.78, 5) is 48.3. The van der Waals surface area contributed by atoms with E-state index in [-0.39, 0.29) is 79.8 Å². The largest absolute Gasteiger partial charge is 0.506 e. The highest BCUT2D eigenvalue weighted by Gasteiger charge is 2.42. The van der Waals surface area contributed by atoms with Gasteiger partial charge in [-0.1, -0.05) is 111 Å². The predicted molar refractivity (Wildman–Crippen MR) is 302 cm³/mol. The summed E-state index contributed by atoms with van der Waals surface area (Å²) in [5.74, 6) is 0.633. The molecule has 72 heavy (non-hydrogen) atoms. The third kappa shape index (κ3) is 13.1. The Labute approximate surface area is 436 Å². The van der Waals surface area contributed by atoms with E-state index in [2.05, 4.69) is 143 Å². The van der Waals surface area contributed by atoms with Gasteiger partial charge in [0.25, 0.3) is 0 Å². The molecule has 0 spiro atoms. The van der Waals surface area contributed by atoms with Crippen LogP contribution in [0.5, 0.6) is 0 Å². The number of carbonyl (C=O) groups is 3. The van der Waals surface area contributed by atoms with E-state index in [4.69, 9.17) is 0 Å². The highest BCUT2D eigenvalue weighted by atomic mass is 16.3. The van der Waals surface area contributed by atoms with Crippen LogP contribution < -0.4 is 30.7 Å². The summed E-state index contributed by atoms with van der Waals surface area (Å²) in [6.45, 7) is 40.4. The Kier molecular flexibility index (Phi) is 16.8. The zero-order chi connectivity index (χ0) is 52.8. The molecule has 1 aliphatic carbocycles. The standard InChI is InChI=1S/C64H98N4O4/c1-39(35-61(5,6)7)25-27-45(41(3)37-63(11,12)13)59(71)65-53-47-23-19-31-67-29-17-21-43(55(47)67)33-49(53)51-57(69)52(58(51)70)50-34-44-22-18-30-68-32-20-24-48(56(44)68)54(50)66-60(72)46(42(4)38-64(14,15)16)28-26-40(2)36-62(8,9)10/h33-34,39-42,45-46H,17-32,35-38H2,1-16H3,(H2,65,66,69,70,71,72)/p+1. The lowest BCUT2D eigenvalue weighted by atomic mass is 9.75. The topological polar surface area (TPSA) is 102 Å². The van der Waals surface area contributed by atoms with Crippen LogP contribution in [0, 0.1) is 57.2 Å². The van der Waals surface area contributed by atoms with Crippen LogP contribution in [0.25, 0.3) is 11.1 Å². The third-order valence-electron chi connectivity index (χ3n) is 16.8. The van der Waals surface area contributed by atoms with Gasteiger partial charge in [-0.2, -0.15) is 0 Å². The molecular formula is C64H99N4O4+. The van der Waals surface area contributed by atoms with Crippen LogP contribution in [0.15, 0.2) is 17.9 Å². The van der Waals surface area contributed by atoms with Crippen LogP contribution in [0.1, 0.15) is 216 Å². The fourth-order valence-corrected chi connectivity index (χ4v) is 14.5. The summed E-state index contributed by atoms with van der Waals surface area (Å²) in [5.41, 5.74) is 8.97. The molecular weight excluding hydrogens is 889 g/mol. The summed E-state index contributed by atoms with van der Waals surface area (Å²) in [7, 11) is 0. The van der Waals surface area contributed by atoms with Gasteiger partial charge in [0, 0.05) is 65.4 Å². The van der Waals surface area contributed by atoms with Gasteiger partial charge in [-0.05, 0) is 158 Å². The molecule has 5 aliphatic rings. The summed E-state index contributed by atoms with van der Waals surface area (Å²) >= 11 is 0. The molecule has 0 radical (unpaired) electrons. The SMILES string of the molecule is CC(CCC(C(=O)Nc1c(C2=C(O)/C(=c3/cc4c5c(c3NC(=O)C(CCC(C)CC(C)(C)C)C(C)CC(C)(C)C)CCC[N+]=5CCC4)C2=O)cc2c3c1CCCN3CCC2)C(C)CC(C)(C)C)CC(C)(C)C. The van der Waals surface area contributed by atoms with Crippen molar-refractivity contribution in [3.8, 4) is 0 Å². The summed E-state index contributed by atoms with van der Waals surface area (Å²) in [5, 5.41) is 21.7. The van der Waals surface area contributed by atoms with Gasteiger partial charge in [0.1, 0.15) is 18.8 Å². The molecule has 0 fully saturated rings. The number of hydrogen-bond acceptors (Lipinski definition) is 5. The van der Waals surface area contributed by atoms with Crippen molar-refractivity contribution in [1.82, 2.24) is 4.58 Å². The number of nitrogens with zero attached hydrogens (tertiary/aromatic N) is 2. The Balaban J connectivity index is 1.36. The molecule has 398 valence electrons. The molecule has 0 aromatic heterocycles. The Morgan fingerprint density at radius 1 is 0.597 bits per heavy atom. The number of aliphatic hydroxyl groups excluding tert-OH is 1. The second kappa shape index (κ2) is 21.7. The molecule has 0 bridgehead atoms. The quantitative estimate of drug-likeness (QED) is 0.137. The van der Waals surface area contributed by atoms with Crippen molar-refractivity contribution in [2.75, 3.05) is 41.7 Å². The average molecular weight is 989 g/mol. The summed E-state index contributed by atoms with van der Waals surface area (Å²) < 4.78 is 2.48. The van der Waals surface area contributed by atoms with E-state index >= 15 is 14.4 Å². The number of carbonyl (C=O) groups excluding carboxylic acids is 3. The number of benzene rings is 2. The van der Waals surface area contributed by atoms with Crippen LogP contribution in [0.3, 0.4) is 0 Å². The monoisotopic (exact) mass is 988 g/mol. The van der Waals surface area contributed by atoms with Crippen LogP contribution in [0.4, 0.5) is 17.1 Å². The molecule has 2 amide bonds. The maximum atomic E-state index is 15.4. The van der Waals surface area contributed by atoms with Gasteiger partial charge in [-0.15, -0.1) is 0 Å². The number of Topliss-reactive ketones (excluding diaryl/α,β-unsaturated/α-hetero) is 1. The fourth-order valence-electron chi connectivity index (χ4n) is 14.5. The molecule has 3 N–H and O–H groups in total. The van der Waals surface area contributed by atoms with E-state index < -0.39 is 0 Å². The van der Waals surface area contributed by atoms with Crippen molar-refractivity contribution >= 4 is 45.8 Å². The number of nitrogens with one attached hydrogen (secondary N) is 2.